The van der Waals surface area contributed by atoms with E-state index in [9.17, 15) is 0 Å². The summed E-state index contributed by atoms with van der Waals surface area (Å²) < 4.78 is 5.52. The number of ether oxygens (including phenoxy) is 1. The van der Waals surface area contributed by atoms with Gasteiger partial charge in [0.1, 0.15) is 5.75 Å². The zero-order valence-corrected chi connectivity index (χ0v) is 9.58. The minimum Gasteiger partial charge on any atom is -0.496 e. The Bertz CT molecular complexity index is 555. The van der Waals surface area contributed by atoms with Gasteiger partial charge < -0.3 is 4.74 Å². The van der Waals surface area contributed by atoms with Crippen molar-refractivity contribution < 1.29 is 4.74 Å². The summed E-state index contributed by atoms with van der Waals surface area (Å²) in [5, 5.41) is 0. The number of hydrogen-bond donors (Lipinski definition) is 0. The molecule has 1 aliphatic carbocycles. The van der Waals surface area contributed by atoms with E-state index in [1.165, 1.54) is 27.8 Å². The summed E-state index contributed by atoms with van der Waals surface area (Å²) in [6.07, 6.45) is 0.996. The van der Waals surface area contributed by atoms with Crippen LogP contribution >= 0.6 is 0 Å². The fourth-order valence-electron chi connectivity index (χ4n) is 2.58. The highest BCUT2D eigenvalue weighted by Gasteiger charge is 2.21. The van der Waals surface area contributed by atoms with Gasteiger partial charge >= 0.3 is 0 Å². The first kappa shape index (κ1) is 9.46. The summed E-state index contributed by atoms with van der Waals surface area (Å²) in [7, 11) is 1.76. The second-order valence-electron chi connectivity index (χ2n) is 4.28. The number of methoxy groups -OCH3 is 1. The molecule has 2 aromatic carbocycles. The highest BCUT2D eigenvalue weighted by atomic mass is 16.5. The van der Waals surface area contributed by atoms with E-state index in [1.807, 2.05) is 0 Å². The number of rotatable bonds is 1. The highest BCUT2D eigenvalue weighted by Crippen LogP contribution is 2.42. The van der Waals surface area contributed by atoms with Crippen LogP contribution in [-0.2, 0) is 6.42 Å². The highest BCUT2D eigenvalue weighted by molar-refractivity contribution is 5.79. The van der Waals surface area contributed by atoms with Crippen LogP contribution in [0.25, 0.3) is 11.1 Å². The average Bonchev–Trinajstić information content (AvgIpc) is 2.67. The van der Waals surface area contributed by atoms with Crippen LogP contribution in [0.4, 0.5) is 0 Å². The average molecular weight is 210 g/mol. The first-order chi connectivity index (χ1) is 7.81. The lowest BCUT2D eigenvalue weighted by molar-refractivity contribution is 0.408. The van der Waals surface area contributed by atoms with Crippen molar-refractivity contribution in [3.05, 3.63) is 53.1 Å². The Hall–Kier alpha value is -1.76. The minimum atomic E-state index is 0.996. The SMILES string of the molecule is COc1c(C)ccc2c1Cc1ccccc1-2. The third-order valence-electron chi connectivity index (χ3n) is 3.34. The van der Waals surface area contributed by atoms with E-state index in [1.54, 1.807) is 7.11 Å². The first-order valence-corrected chi connectivity index (χ1v) is 5.56. The van der Waals surface area contributed by atoms with Crippen molar-refractivity contribution in [2.75, 3.05) is 7.11 Å². The molecular formula is C15H14O. The third kappa shape index (κ3) is 1.18. The lowest BCUT2D eigenvalue weighted by Gasteiger charge is -2.10. The van der Waals surface area contributed by atoms with Gasteiger partial charge in [0, 0.05) is 12.0 Å². The maximum absolute atomic E-state index is 5.52. The van der Waals surface area contributed by atoms with Crippen molar-refractivity contribution in [1.82, 2.24) is 0 Å². The molecule has 1 heteroatoms. The molecule has 3 rings (SSSR count). The summed E-state index contributed by atoms with van der Waals surface area (Å²) in [5.74, 6) is 1.05. The quantitative estimate of drug-likeness (QED) is 0.596. The fraction of sp³-hybridized carbons (Fsp3) is 0.200. The van der Waals surface area contributed by atoms with E-state index >= 15 is 0 Å². The largest absolute Gasteiger partial charge is 0.496 e. The predicted octanol–water partition coefficient (Wildman–Crippen LogP) is 3.57. The lowest BCUT2D eigenvalue weighted by atomic mass is 10.0. The third-order valence-corrected chi connectivity index (χ3v) is 3.34. The number of benzene rings is 2. The van der Waals surface area contributed by atoms with Crippen molar-refractivity contribution in [2.45, 2.75) is 13.3 Å². The number of aryl methyl sites for hydroxylation is 1. The summed E-state index contributed by atoms with van der Waals surface area (Å²) in [6, 6.07) is 12.9. The smallest absolute Gasteiger partial charge is 0.125 e. The monoisotopic (exact) mass is 210 g/mol. The maximum Gasteiger partial charge on any atom is 0.125 e. The van der Waals surface area contributed by atoms with Gasteiger partial charge in [-0.15, -0.1) is 0 Å². The van der Waals surface area contributed by atoms with Crippen molar-refractivity contribution in [1.29, 1.82) is 0 Å². The molecule has 0 radical (unpaired) electrons. The molecule has 0 N–H and O–H groups in total. The van der Waals surface area contributed by atoms with Gasteiger partial charge in [-0.05, 0) is 29.2 Å². The van der Waals surface area contributed by atoms with Crippen LogP contribution in [-0.4, -0.2) is 7.11 Å². The molecule has 1 nitrogen and oxygen atoms in total. The molecule has 0 spiro atoms. The molecule has 0 aliphatic heterocycles. The fourth-order valence-corrected chi connectivity index (χ4v) is 2.58. The van der Waals surface area contributed by atoms with E-state index in [4.69, 9.17) is 4.74 Å². The van der Waals surface area contributed by atoms with Crippen molar-refractivity contribution in [3.63, 3.8) is 0 Å². The Morgan fingerprint density at radius 1 is 1.00 bits per heavy atom. The van der Waals surface area contributed by atoms with E-state index in [-0.39, 0.29) is 0 Å². The van der Waals surface area contributed by atoms with Crippen LogP contribution in [0.3, 0.4) is 0 Å². The second-order valence-corrected chi connectivity index (χ2v) is 4.28. The van der Waals surface area contributed by atoms with Crippen molar-refractivity contribution in [2.24, 2.45) is 0 Å². The van der Waals surface area contributed by atoms with Crippen molar-refractivity contribution >= 4 is 0 Å². The number of fused-ring (bicyclic) bond motifs is 3. The van der Waals surface area contributed by atoms with Gasteiger partial charge in [0.2, 0.25) is 0 Å². The topological polar surface area (TPSA) is 9.23 Å². The van der Waals surface area contributed by atoms with Crippen LogP contribution in [0.2, 0.25) is 0 Å². The molecule has 0 bridgehead atoms. The Morgan fingerprint density at radius 2 is 1.81 bits per heavy atom. The first-order valence-electron chi connectivity index (χ1n) is 5.56. The van der Waals surface area contributed by atoms with Crippen LogP contribution in [0.15, 0.2) is 36.4 Å². The predicted molar refractivity (Wildman–Crippen MR) is 66.0 cm³/mol. The Balaban J connectivity index is 2.28. The van der Waals surface area contributed by atoms with Gasteiger partial charge in [-0.3, -0.25) is 0 Å². The summed E-state index contributed by atoms with van der Waals surface area (Å²) in [4.78, 5) is 0. The Labute approximate surface area is 95.7 Å². The molecule has 0 aromatic heterocycles. The van der Waals surface area contributed by atoms with Gasteiger partial charge in [0.15, 0.2) is 0 Å². The van der Waals surface area contributed by atoms with Crippen LogP contribution in [0, 0.1) is 6.92 Å². The standard InChI is InChI=1S/C15H14O/c1-10-7-8-13-12-6-4-3-5-11(12)9-14(13)15(10)16-2/h3-8H,9H2,1-2H3. The lowest BCUT2D eigenvalue weighted by Crippen LogP contribution is -1.93. The Morgan fingerprint density at radius 3 is 2.62 bits per heavy atom. The van der Waals surface area contributed by atoms with Gasteiger partial charge in [0.05, 0.1) is 7.11 Å². The van der Waals surface area contributed by atoms with E-state index < -0.39 is 0 Å². The van der Waals surface area contributed by atoms with E-state index in [0.717, 1.165) is 12.2 Å². The normalized spacial score (nSPS) is 12.1. The second kappa shape index (κ2) is 3.38. The molecule has 0 saturated carbocycles. The molecule has 16 heavy (non-hydrogen) atoms. The molecule has 0 heterocycles. The zero-order valence-electron chi connectivity index (χ0n) is 9.58. The molecule has 80 valence electrons. The minimum absolute atomic E-state index is 0.996. The summed E-state index contributed by atoms with van der Waals surface area (Å²) >= 11 is 0. The van der Waals surface area contributed by atoms with Gasteiger partial charge in [-0.25, -0.2) is 0 Å². The van der Waals surface area contributed by atoms with E-state index in [2.05, 4.69) is 43.3 Å². The number of hydrogen-bond acceptors (Lipinski definition) is 1. The molecule has 1 aliphatic rings. The van der Waals surface area contributed by atoms with Crippen LogP contribution < -0.4 is 4.74 Å². The molecule has 0 unspecified atom stereocenters. The maximum atomic E-state index is 5.52. The van der Waals surface area contributed by atoms with E-state index in [0.29, 0.717) is 0 Å². The summed E-state index contributed by atoms with van der Waals surface area (Å²) in [5.41, 5.74) is 6.65. The molecule has 0 atom stereocenters. The van der Waals surface area contributed by atoms with Crippen molar-refractivity contribution in [3.8, 4) is 16.9 Å². The van der Waals surface area contributed by atoms with Gasteiger partial charge in [0.25, 0.3) is 0 Å². The van der Waals surface area contributed by atoms with Crippen LogP contribution in [0.1, 0.15) is 16.7 Å². The molecule has 2 aromatic rings. The zero-order chi connectivity index (χ0) is 11.1. The van der Waals surface area contributed by atoms with Gasteiger partial charge in [-0.1, -0.05) is 36.4 Å². The molecule has 0 amide bonds. The Kier molecular flexibility index (Phi) is 2.00. The molecule has 0 fully saturated rings. The molecular weight excluding hydrogens is 196 g/mol. The molecule has 0 saturated heterocycles. The summed E-state index contributed by atoms with van der Waals surface area (Å²) in [6.45, 7) is 2.10. The van der Waals surface area contributed by atoms with Crippen LogP contribution in [0.5, 0.6) is 5.75 Å². The van der Waals surface area contributed by atoms with Gasteiger partial charge in [-0.2, -0.15) is 0 Å².